The van der Waals surface area contributed by atoms with Gasteiger partial charge >= 0.3 is 0 Å². The summed E-state index contributed by atoms with van der Waals surface area (Å²) in [7, 11) is 8.70. The van der Waals surface area contributed by atoms with E-state index in [4.69, 9.17) is 20.1 Å². The number of hydrogen-bond donors (Lipinski definition) is 2. The van der Waals surface area contributed by atoms with Gasteiger partial charge in [-0.25, -0.2) is 5.90 Å². The van der Waals surface area contributed by atoms with Gasteiger partial charge in [-0.3, -0.25) is 28.9 Å². The second kappa shape index (κ2) is 26.9. The van der Waals surface area contributed by atoms with E-state index >= 15 is 0 Å². The molecule has 0 aliphatic carbocycles. The van der Waals surface area contributed by atoms with Crippen LogP contribution < -0.4 is 11.2 Å². The molecule has 342 valence electrons. The van der Waals surface area contributed by atoms with E-state index in [1.54, 1.807) is 26.2 Å². The van der Waals surface area contributed by atoms with Crippen LogP contribution in [0, 0.1) is 35.5 Å². The molecular weight excluding hydrogens is 767 g/mol. The van der Waals surface area contributed by atoms with E-state index < -0.39 is 36.0 Å². The number of amides is 3. The molecule has 0 aromatic heterocycles. The van der Waals surface area contributed by atoms with E-state index in [-0.39, 0.29) is 98.1 Å². The number of methoxy groups -OCH3 is 2. The molecule has 1 aromatic carbocycles. The SMILES string of the molecule is CC[C@H](C)[C@@H]([C@@H](CC(=O)N1CCC[C@H]1[C@H](OC)[C@@H](C)C(=O)CC(Cc1ccccc1)C(=O)NCCOCCON)OC)N(C)C(=O)[C@@H](CC(=O)[C@H](C(C)C)N(C)C)C(C)C. The zero-order valence-electron chi connectivity index (χ0n) is 38.8. The number of benzene rings is 1. The highest BCUT2D eigenvalue weighted by atomic mass is 16.6. The van der Waals surface area contributed by atoms with E-state index in [9.17, 15) is 24.0 Å². The lowest BCUT2D eigenvalue weighted by molar-refractivity contribution is -0.149. The highest BCUT2D eigenvalue weighted by Gasteiger charge is 2.43. The van der Waals surface area contributed by atoms with E-state index in [1.807, 2.05) is 88.8 Å². The molecule has 9 atom stereocenters. The number of likely N-dealkylation sites (N-methyl/N-ethyl adjacent to an activating group) is 2. The maximum Gasteiger partial charge on any atom is 0.226 e. The maximum atomic E-state index is 14.4. The Morgan fingerprint density at radius 1 is 0.867 bits per heavy atom. The smallest absolute Gasteiger partial charge is 0.226 e. The van der Waals surface area contributed by atoms with Gasteiger partial charge in [-0.05, 0) is 56.7 Å². The minimum atomic E-state index is -0.619. The van der Waals surface area contributed by atoms with E-state index in [0.29, 0.717) is 26.0 Å². The Hall–Kier alpha value is -3.27. The quantitative estimate of drug-likeness (QED) is 0.0857. The van der Waals surface area contributed by atoms with Gasteiger partial charge in [0.05, 0.1) is 56.6 Å². The summed E-state index contributed by atoms with van der Waals surface area (Å²) in [5.74, 6) is 2.72. The molecule has 1 aliphatic heterocycles. The van der Waals surface area contributed by atoms with E-state index in [1.165, 1.54) is 0 Å². The maximum absolute atomic E-state index is 14.4. The van der Waals surface area contributed by atoms with Crippen LogP contribution in [0.3, 0.4) is 0 Å². The second-order valence-electron chi connectivity index (χ2n) is 17.6. The predicted molar refractivity (Wildman–Crippen MR) is 234 cm³/mol. The average molecular weight is 846 g/mol. The van der Waals surface area contributed by atoms with Crippen molar-refractivity contribution in [1.29, 1.82) is 0 Å². The summed E-state index contributed by atoms with van der Waals surface area (Å²) in [6, 6.07) is 8.51. The van der Waals surface area contributed by atoms with Crippen LogP contribution in [0.1, 0.15) is 92.6 Å². The molecule has 0 saturated carbocycles. The number of hydrogen-bond acceptors (Lipinski definition) is 11. The van der Waals surface area contributed by atoms with Crippen LogP contribution in [0.4, 0.5) is 0 Å². The van der Waals surface area contributed by atoms with Crippen LogP contribution in [-0.2, 0) is 49.4 Å². The Morgan fingerprint density at radius 2 is 1.53 bits per heavy atom. The van der Waals surface area contributed by atoms with Gasteiger partial charge in [0.2, 0.25) is 17.7 Å². The zero-order chi connectivity index (χ0) is 45.1. The highest BCUT2D eigenvalue weighted by molar-refractivity contribution is 5.90. The Morgan fingerprint density at radius 3 is 2.08 bits per heavy atom. The fraction of sp³-hybridized carbons (Fsp3) is 0.761. The number of rotatable bonds is 29. The minimum Gasteiger partial charge on any atom is -0.379 e. The fourth-order valence-electron chi connectivity index (χ4n) is 8.99. The Kier molecular flexibility index (Phi) is 23.7. The van der Waals surface area contributed by atoms with Gasteiger partial charge < -0.3 is 34.2 Å². The van der Waals surface area contributed by atoms with Gasteiger partial charge in [0.1, 0.15) is 5.78 Å². The average Bonchev–Trinajstić information content (AvgIpc) is 3.70. The first kappa shape index (κ1) is 52.9. The number of Topliss-reactive ketones (excluding diaryl/α,β-unsaturated/α-hetero) is 2. The largest absolute Gasteiger partial charge is 0.379 e. The molecule has 1 heterocycles. The van der Waals surface area contributed by atoms with Crippen molar-refractivity contribution in [2.45, 2.75) is 124 Å². The molecule has 1 saturated heterocycles. The molecule has 14 heteroatoms. The molecule has 1 aromatic rings. The third kappa shape index (κ3) is 15.6. The second-order valence-corrected chi connectivity index (χ2v) is 17.6. The molecular formula is C46H79N5O9. The van der Waals surface area contributed by atoms with Crippen LogP contribution in [-0.4, -0.2) is 143 Å². The number of ketones is 2. The number of likely N-dealkylation sites (tertiary alicyclic amines) is 1. The van der Waals surface area contributed by atoms with Crippen molar-refractivity contribution < 1.29 is 43.0 Å². The predicted octanol–water partition coefficient (Wildman–Crippen LogP) is 4.57. The number of carbonyl (C=O) groups excluding carboxylic acids is 5. The van der Waals surface area contributed by atoms with Crippen molar-refractivity contribution in [3.63, 3.8) is 0 Å². The summed E-state index contributed by atoms with van der Waals surface area (Å²) in [5.41, 5.74) is 0.943. The van der Waals surface area contributed by atoms with E-state index in [0.717, 1.165) is 18.4 Å². The van der Waals surface area contributed by atoms with Crippen LogP contribution in [0.5, 0.6) is 0 Å². The lowest BCUT2D eigenvalue weighted by atomic mass is 9.83. The van der Waals surface area contributed by atoms with Crippen LogP contribution >= 0.6 is 0 Å². The molecule has 60 heavy (non-hydrogen) atoms. The van der Waals surface area contributed by atoms with Crippen molar-refractivity contribution >= 4 is 29.3 Å². The fourth-order valence-corrected chi connectivity index (χ4v) is 8.99. The minimum absolute atomic E-state index is 0.00320. The molecule has 0 bridgehead atoms. The van der Waals surface area contributed by atoms with Crippen LogP contribution in [0.15, 0.2) is 30.3 Å². The third-order valence-corrected chi connectivity index (χ3v) is 12.4. The van der Waals surface area contributed by atoms with Crippen LogP contribution in [0.25, 0.3) is 0 Å². The molecule has 1 fully saturated rings. The van der Waals surface area contributed by atoms with Crippen molar-refractivity contribution in [3.05, 3.63) is 35.9 Å². The van der Waals surface area contributed by atoms with Crippen molar-refractivity contribution in [3.8, 4) is 0 Å². The van der Waals surface area contributed by atoms with E-state index in [2.05, 4.69) is 24.0 Å². The molecule has 0 spiro atoms. The summed E-state index contributed by atoms with van der Waals surface area (Å²) >= 11 is 0. The van der Waals surface area contributed by atoms with Crippen molar-refractivity contribution in [2.24, 2.45) is 41.4 Å². The first-order chi connectivity index (χ1) is 28.4. The van der Waals surface area contributed by atoms with Gasteiger partial charge in [-0.1, -0.05) is 85.2 Å². The number of ether oxygens (including phenoxy) is 3. The third-order valence-electron chi connectivity index (χ3n) is 12.4. The number of nitrogens with two attached hydrogens (primary N) is 1. The topological polar surface area (TPSA) is 170 Å². The van der Waals surface area contributed by atoms with Crippen molar-refractivity contribution in [2.75, 3.05) is 68.3 Å². The number of nitrogens with one attached hydrogen (secondary N) is 1. The van der Waals surface area contributed by atoms with Gasteiger partial charge in [0.25, 0.3) is 0 Å². The summed E-state index contributed by atoms with van der Waals surface area (Å²) in [6.07, 6.45) is 1.48. The highest BCUT2D eigenvalue weighted by Crippen LogP contribution is 2.32. The standard InChI is InChI=1S/C46H79N5O9/c1-13-32(6)43(50(10)46(56)36(30(2)3)28-39(53)42(31(4)5)49(8)9)40(57-11)29-41(54)51-22-17-20-37(51)44(58-12)33(7)38(52)27-35(26-34-18-15-14-16-19-34)45(55)48-21-23-59-24-25-60-47/h14-16,18-19,30-33,35-37,40,42-44H,13,17,20-29,47H2,1-12H3,(H,48,55)/t32-,33-,35?,36-,37-,40+,42-,43-,44+/m0/s1. The summed E-state index contributed by atoms with van der Waals surface area (Å²) in [6.45, 7) is 15.5. The Bertz CT molecular complexity index is 1450. The van der Waals surface area contributed by atoms with Gasteiger partial charge in [-0.2, -0.15) is 0 Å². The first-order valence-corrected chi connectivity index (χ1v) is 22.0. The summed E-state index contributed by atoms with van der Waals surface area (Å²) in [4.78, 5) is 79.8. The van der Waals surface area contributed by atoms with Gasteiger partial charge in [0.15, 0.2) is 5.78 Å². The zero-order valence-corrected chi connectivity index (χ0v) is 38.8. The Labute approximate surface area is 360 Å². The normalized spacial score (nSPS) is 18.5. The summed E-state index contributed by atoms with van der Waals surface area (Å²) < 4.78 is 17.5. The van der Waals surface area contributed by atoms with Crippen LogP contribution in [0.2, 0.25) is 0 Å². The molecule has 1 aliphatic rings. The molecule has 3 N–H and O–H groups in total. The summed E-state index contributed by atoms with van der Waals surface area (Å²) in [5, 5.41) is 2.91. The first-order valence-electron chi connectivity index (χ1n) is 22.0. The lowest BCUT2D eigenvalue weighted by Gasteiger charge is -2.41. The number of nitrogens with zero attached hydrogens (tertiary/aromatic N) is 3. The molecule has 0 radical (unpaired) electrons. The van der Waals surface area contributed by atoms with Gasteiger partial charge in [0, 0.05) is 65.0 Å². The molecule has 3 amide bonds. The molecule has 2 rings (SSSR count). The molecule has 14 nitrogen and oxygen atoms in total. The molecule has 1 unspecified atom stereocenters. The monoisotopic (exact) mass is 846 g/mol. The van der Waals surface area contributed by atoms with Crippen molar-refractivity contribution in [1.82, 2.24) is 20.0 Å². The number of carbonyl (C=O) groups is 5. The van der Waals surface area contributed by atoms with Gasteiger partial charge in [-0.15, -0.1) is 0 Å². The lowest BCUT2D eigenvalue weighted by Crippen LogP contribution is -2.54. The Balaban J connectivity index is 2.27.